The number of rotatable bonds is 5. The molecule has 0 saturated carbocycles. The standard InChI is InChI=1S/C22H22N4OS/c1-14(2)13-16-9-11-17(12-10-16)15(3)20-25-26-21(27)19(23-24-22(26)28-20)18-7-5-4-6-8-18/h4-12,14-15H,13H2,1-3H3/t15-/m0/s1. The molecule has 28 heavy (non-hydrogen) atoms. The van der Waals surface area contributed by atoms with Gasteiger partial charge in [-0.3, -0.25) is 4.79 Å². The van der Waals surface area contributed by atoms with Gasteiger partial charge in [0.15, 0.2) is 5.69 Å². The fourth-order valence-electron chi connectivity index (χ4n) is 3.24. The van der Waals surface area contributed by atoms with Gasteiger partial charge in [-0.1, -0.05) is 86.7 Å². The van der Waals surface area contributed by atoms with Gasteiger partial charge in [0, 0.05) is 11.5 Å². The summed E-state index contributed by atoms with van der Waals surface area (Å²) in [5.74, 6) is 0.719. The first kappa shape index (κ1) is 18.5. The summed E-state index contributed by atoms with van der Waals surface area (Å²) < 4.78 is 1.37. The molecule has 0 aliphatic carbocycles. The van der Waals surface area contributed by atoms with E-state index in [-0.39, 0.29) is 11.5 Å². The predicted octanol–water partition coefficient (Wildman–Crippen LogP) is 4.56. The van der Waals surface area contributed by atoms with Crippen LogP contribution < -0.4 is 5.56 Å². The molecule has 0 radical (unpaired) electrons. The molecule has 5 nitrogen and oxygen atoms in total. The third-order valence-corrected chi connectivity index (χ3v) is 5.83. The highest BCUT2D eigenvalue weighted by atomic mass is 32.1. The number of fused-ring (bicyclic) bond motifs is 1. The molecule has 0 N–H and O–H groups in total. The smallest absolute Gasteiger partial charge is 0.265 e. The quantitative estimate of drug-likeness (QED) is 0.501. The Bertz CT molecular complexity index is 1150. The van der Waals surface area contributed by atoms with Crippen molar-refractivity contribution in [1.29, 1.82) is 0 Å². The van der Waals surface area contributed by atoms with Gasteiger partial charge in [-0.2, -0.15) is 9.61 Å². The summed E-state index contributed by atoms with van der Waals surface area (Å²) in [6.07, 6.45) is 1.07. The molecule has 0 saturated heterocycles. The maximum atomic E-state index is 12.9. The summed E-state index contributed by atoms with van der Waals surface area (Å²) in [6, 6.07) is 18.0. The minimum atomic E-state index is -0.238. The molecule has 0 bridgehead atoms. The van der Waals surface area contributed by atoms with Gasteiger partial charge >= 0.3 is 5.56 Å². The number of nitrogens with zero attached hydrogens (tertiary/aromatic N) is 4. The van der Waals surface area contributed by atoms with Gasteiger partial charge < -0.3 is 0 Å². The molecule has 0 fully saturated rings. The van der Waals surface area contributed by atoms with E-state index >= 15 is 0 Å². The lowest BCUT2D eigenvalue weighted by molar-refractivity contribution is 0.647. The average Bonchev–Trinajstić information content (AvgIpc) is 3.14. The van der Waals surface area contributed by atoms with E-state index in [4.69, 9.17) is 0 Å². The molecule has 0 aliphatic heterocycles. The summed E-state index contributed by atoms with van der Waals surface area (Å²) in [5, 5.41) is 13.8. The summed E-state index contributed by atoms with van der Waals surface area (Å²) in [7, 11) is 0. The molecule has 6 heteroatoms. The molecule has 4 aromatic rings. The van der Waals surface area contributed by atoms with Crippen molar-refractivity contribution in [3.05, 3.63) is 81.1 Å². The van der Waals surface area contributed by atoms with E-state index in [1.165, 1.54) is 27.0 Å². The van der Waals surface area contributed by atoms with Gasteiger partial charge in [-0.15, -0.1) is 10.2 Å². The van der Waals surface area contributed by atoms with Crippen molar-refractivity contribution < 1.29 is 0 Å². The van der Waals surface area contributed by atoms with Crippen molar-refractivity contribution in [3.63, 3.8) is 0 Å². The molecule has 4 rings (SSSR count). The predicted molar refractivity (Wildman–Crippen MR) is 113 cm³/mol. The lowest BCUT2D eigenvalue weighted by Gasteiger charge is -2.10. The molecule has 142 valence electrons. The maximum absolute atomic E-state index is 12.9. The Kier molecular flexibility index (Phi) is 5.05. The second-order valence-corrected chi connectivity index (χ2v) is 8.40. The highest BCUT2D eigenvalue weighted by Crippen LogP contribution is 2.28. The van der Waals surface area contributed by atoms with Crippen LogP contribution >= 0.6 is 11.3 Å². The van der Waals surface area contributed by atoms with Crippen molar-refractivity contribution >= 4 is 16.3 Å². The second-order valence-electron chi connectivity index (χ2n) is 7.42. The molecule has 2 heterocycles. The third-order valence-electron chi connectivity index (χ3n) is 4.75. The number of benzene rings is 2. The highest BCUT2D eigenvalue weighted by molar-refractivity contribution is 7.16. The molecular formula is C22H22N4OS. The van der Waals surface area contributed by atoms with Crippen LogP contribution in [0.25, 0.3) is 16.2 Å². The van der Waals surface area contributed by atoms with Crippen LogP contribution in [0.4, 0.5) is 0 Å². The summed E-state index contributed by atoms with van der Waals surface area (Å²) in [4.78, 5) is 13.4. The lowest BCUT2D eigenvalue weighted by atomic mass is 9.97. The summed E-state index contributed by atoms with van der Waals surface area (Å²) >= 11 is 1.41. The normalized spacial score (nSPS) is 12.6. The van der Waals surface area contributed by atoms with E-state index in [1.54, 1.807) is 0 Å². The topological polar surface area (TPSA) is 60.2 Å². The monoisotopic (exact) mass is 390 g/mol. The Labute approximate surface area is 167 Å². The van der Waals surface area contributed by atoms with Gasteiger partial charge in [-0.05, 0) is 23.5 Å². The average molecular weight is 391 g/mol. The van der Waals surface area contributed by atoms with E-state index in [2.05, 4.69) is 60.3 Å². The summed E-state index contributed by atoms with van der Waals surface area (Å²) in [6.45, 7) is 6.55. The van der Waals surface area contributed by atoms with Crippen molar-refractivity contribution in [2.75, 3.05) is 0 Å². The van der Waals surface area contributed by atoms with Crippen LogP contribution in [-0.4, -0.2) is 19.8 Å². The lowest BCUT2D eigenvalue weighted by Crippen LogP contribution is -2.19. The van der Waals surface area contributed by atoms with Gasteiger partial charge in [0.05, 0.1) is 0 Å². The van der Waals surface area contributed by atoms with Crippen LogP contribution in [-0.2, 0) is 6.42 Å². The van der Waals surface area contributed by atoms with Crippen LogP contribution in [0.3, 0.4) is 0 Å². The van der Waals surface area contributed by atoms with Gasteiger partial charge in [0.2, 0.25) is 4.96 Å². The van der Waals surface area contributed by atoms with E-state index in [1.807, 2.05) is 30.3 Å². The van der Waals surface area contributed by atoms with Crippen molar-refractivity contribution in [1.82, 2.24) is 19.8 Å². The minimum Gasteiger partial charge on any atom is -0.265 e. The van der Waals surface area contributed by atoms with E-state index in [9.17, 15) is 4.79 Å². The largest absolute Gasteiger partial charge is 0.302 e. The second kappa shape index (κ2) is 7.64. The first-order valence-electron chi connectivity index (χ1n) is 9.43. The molecular weight excluding hydrogens is 368 g/mol. The fraction of sp³-hybridized carbons (Fsp3) is 0.273. The van der Waals surface area contributed by atoms with Crippen LogP contribution in [0.15, 0.2) is 59.4 Å². The Hall–Kier alpha value is -2.86. The van der Waals surface area contributed by atoms with Crippen molar-refractivity contribution in [2.24, 2.45) is 5.92 Å². The molecule has 0 unspecified atom stereocenters. The molecule has 1 atom stereocenters. The summed E-state index contributed by atoms with van der Waals surface area (Å²) in [5.41, 5.74) is 3.34. The zero-order chi connectivity index (χ0) is 19.7. The highest BCUT2D eigenvalue weighted by Gasteiger charge is 2.18. The van der Waals surface area contributed by atoms with Crippen LogP contribution in [0.1, 0.15) is 42.8 Å². The Morgan fingerprint density at radius 2 is 1.68 bits per heavy atom. The Balaban J connectivity index is 1.68. The van der Waals surface area contributed by atoms with Crippen molar-refractivity contribution in [3.8, 4) is 11.3 Å². The molecule has 2 aromatic heterocycles. The number of hydrogen-bond donors (Lipinski definition) is 0. The van der Waals surface area contributed by atoms with Crippen LogP contribution in [0.2, 0.25) is 0 Å². The Morgan fingerprint density at radius 3 is 2.36 bits per heavy atom. The Morgan fingerprint density at radius 1 is 0.964 bits per heavy atom. The SMILES string of the molecule is CC(C)Cc1ccc([C@H](C)c2nn3c(=O)c(-c4ccccc4)nnc3s2)cc1. The molecule has 0 amide bonds. The van der Waals surface area contributed by atoms with Crippen LogP contribution in [0.5, 0.6) is 0 Å². The molecule has 0 spiro atoms. The molecule has 2 aromatic carbocycles. The van der Waals surface area contributed by atoms with Gasteiger partial charge in [0.25, 0.3) is 0 Å². The van der Waals surface area contributed by atoms with Crippen LogP contribution in [0, 0.1) is 5.92 Å². The van der Waals surface area contributed by atoms with Gasteiger partial charge in [0.1, 0.15) is 5.01 Å². The van der Waals surface area contributed by atoms with E-state index < -0.39 is 0 Å². The minimum absolute atomic E-state index is 0.0828. The number of aromatic nitrogens is 4. The maximum Gasteiger partial charge on any atom is 0.302 e. The third kappa shape index (κ3) is 3.60. The van der Waals surface area contributed by atoms with Crippen molar-refractivity contribution in [2.45, 2.75) is 33.1 Å². The zero-order valence-electron chi connectivity index (χ0n) is 16.2. The van der Waals surface area contributed by atoms with Gasteiger partial charge in [-0.25, -0.2) is 0 Å². The number of hydrogen-bond acceptors (Lipinski definition) is 5. The van der Waals surface area contributed by atoms with E-state index in [0.717, 1.165) is 17.0 Å². The zero-order valence-corrected chi connectivity index (χ0v) is 17.0. The van der Waals surface area contributed by atoms with E-state index in [0.29, 0.717) is 16.6 Å². The molecule has 0 aliphatic rings. The first-order valence-corrected chi connectivity index (χ1v) is 10.3. The first-order chi connectivity index (χ1) is 13.5. The fourth-order valence-corrected chi connectivity index (χ4v) is 4.15.